The molecule has 1 fully saturated rings. The summed E-state index contributed by atoms with van der Waals surface area (Å²) >= 11 is 0. The van der Waals surface area contributed by atoms with Crippen molar-refractivity contribution in [2.45, 2.75) is 0 Å². The molecule has 1 amide bonds. The predicted molar refractivity (Wildman–Crippen MR) is 69.5 cm³/mol. The number of nitrogens with two attached hydrogens (primary N) is 1. The molecular weight excluding hydrogens is 256 g/mol. The highest BCUT2D eigenvalue weighted by Gasteiger charge is 2.26. The number of carbonyl (C=O) groups excluding carboxylic acids is 1. The summed E-state index contributed by atoms with van der Waals surface area (Å²) in [5.41, 5.74) is 5.41. The van der Waals surface area contributed by atoms with Gasteiger partial charge in [0.2, 0.25) is 15.9 Å². The number of sulfonamides is 1. The lowest BCUT2D eigenvalue weighted by atomic mass is 10.3. The second kappa shape index (κ2) is 6.46. The molecule has 0 spiro atoms. The monoisotopic (exact) mass is 278 g/mol. The van der Waals surface area contributed by atoms with E-state index in [2.05, 4.69) is 0 Å². The van der Waals surface area contributed by atoms with Crippen molar-refractivity contribution in [3.05, 3.63) is 0 Å². The largest absolute Gasteiger partial charge is 0.339 e. The first-order valence-electron chi connectivity index (χ1n) is 5.96. The van der Waals surface area contributed by atoms with E-state index in [1.54, 1.807) is 4.90 Å². The first-order chi connectivity index (χ1) is 8.34. The summed E-state index contributed by atoms with van der Waals surface area (Å²) < 4.78 is 24.1. The molecule has 8 heteroatoms. The Labute approximate surface area is 109 Å². The molecule has 0 bridgehead atoms. The molecule has 0 aromatic carbocycles. The van der Waals surface area contributed by atoms with Gasteiger partial charge in [0.05, 0.1) is 12.8 Å². The Bertz CT molecular complexity index is 377. The Balaban J connectivity index is 2.41. The van der Waals surface area contributed by atoms with E-state index in [1.807, 2.05) is 11.9 Å². The number of hydrogen-bond acceptors (Lipinski definition) is 5. The first-order valence-corrected chi connectivity index (χ1v) is 7.81. The smallest absolute Gasteiger partial charge is 0.236 e. The molecule has 0 saturated carbocycles. The Morgan fingerprint density at radius 2 is 1.83 bits per heavy atom. The summed E-state index contributed by atoms with van der Waals surface area (Å²) in [5, 5.41) is 0. The number of likely N-dealkylation sites (N-methyl/N-ethyl adjacent to an activating group) is 1. The van der Waals surface area contributed by atoms with E-state index in [-0.39, 0.29) is 5.91 Å². The van der Waals surface area contributed by atoms with Gasteiger partial charge in [-0.15, -0.1) is 0 Å². The van der Waals surface area contributed by atoms with E-state index < -0.39 is 10.0 Å². The van der Waals surface area contributed by atoms with Crippen molar-refractivity contribution in [2.75, 3.05) is 59.1 Å². The topological polar surface area (TPSA) is 86.9 Å². The van der Waals surface area contributed by atoms with Crippen LogP contribution in [0.25, 0.3) is 0 Å². The van der Waals surface area contributed by atoms with Crippen molar-refractivity contribution in [1.29, 1.82) is 0 Å². The van der Waals surface area contributed by atoms with Crippen LogP contribution in [-0.2, 0) is 14.8 Å². The average Bonchev–Trinajstić information content (AvgIpc) is 2.28. The molecule has 7 nitrogen and oxygen atoms in total. The van der Waals surface area contributed by atoms with Crippen molar-refractivity contribution in [1.82, 2.24) is 14.1 Å². The maximum Gasteiger partial charge on any atom is 0.236 e. The van der Waals surface area contributed by atoms with E-state index >= 15 is 0 Å². The molecule has 1 saturated heterocycles. The average molecular weight is 278 g/mol. The van der Waals surface area contributed by atoms with Crippen LogP contribution in [0.3, 0.4) is 0 Å². The molecule has 0 radical (unpaired) electrons. The van der Waals surface area contributed by atoms with Gasteiger partial charge in [-0.2, -0.15) is 4.31 Å². The van der Waals surface area contributed by atoms with E-state index in [0.29, 0.717) is 45.8 Å². The lowest BCUT2D eigenvalue weighted by Gasteiger charge is -2.34. The van der Waals surface area contributed by atoms with Crippen molar-refractivity contribution in [2.24, 2.45) is 5.73 Å². The van der Waals surface area contributed by atoms with Crippen molar-refractivity contribution < 1.29 is 13.2 Å². The van der Waals surface area contributed by atoms with Gasteiger partial charge in [0.15, 0.2) is 0 Å². The summed E-state index contributed by atoms with van der Waals surface area (Å²) in [6, 6.07) is 0. The third-order valence-electron chi connectivity index (χ3n) is 2.98. The van der Waals surface area contributed by atoms with Crippen LogP contribution in [0, 0.1) is 0 Å². The van der Waals surface area contributed by atoms with Gasteiger partial charge in [-0.05, 0) is 7.05 Å². The van der Waals surface area contributed by atoms with Gasteiger partial charge in [0.1, 0.15) is 0 Å². The lowest BCUT2D eigenvalue weighted by molar-refractivity contribution is -0.133. The van der Waals surface area contributed by atoms with Crippen LogP contribution >= 0.6 is 0 Å². The highest BCUT2D eigenvalue weighted by Crippen LogP contribution is 2.06. The fourth-order valence-corrected chi connectivity index (χ4v) is 2.73. The Hall–Kier alpha value is -0.700. The third kappa shape index (κ3) is 4.52. The van der Waals surface area contributed by atoms with Crippen LogP contribution in [0.4, 0.5) is 0 Å². The number of rotatable bonds is 5. The number of nitrogens with zero attached hydrogens (tertiary/aromatic N) is 3. The number of amides is 1. The van der Waals surface area contributed by atoms with Crippen molar-refractivity contribution in [3.63, 3.8) is 0 Å². The summed E-state index contributed by atoms with van der Waals surface area (Å²) in [4.78, 5) is 15.5. The van der Waals surface area contributed by atoms with Gasteiger partial charge < -0.3 is 10.6 Å². The summed E-state index contributed by atoms with van der Waals surface area (Å²) in [5.74, 6) is 0.0269. The van der Waals surface area contributed by atoms with Gasteiger partial charge in [-0.1, -0.05) is 0 Å². The maximum absolute atomic E-state index is 11.9. The summed E-state index contributed by atoms with van der Waals surface area (Å²) in [6.07, 6.45) is 1.19. The molecule has 0 unspecified atom stereocenters. The number of carbonyl (C=O) groups is 1. The zero-order valence-corrected chi connectivity index (χ0v) is 11.8. The first kappa shape index (κ1) is 15.4. The second-order valence-corrected chi connectivity index (χ2v) is 6.55. The van der Waals surface area contributed by atoms with Gasteiger partial charge >= 0.3 is 0 Å². The fourth-order valence-electron chi connectivity index (χ4n) is 1.90. The molecule has 0 aromatic heterocycles. The van der Waals surface area contributed by atoms with Crippen molar-refractivity contribution in [3.8, 4) is 0 Å². The molecule has 1 aliphatic rings. The molecule has 1 heterocycles. The molecule has 1 rings (SSSR count). The number of hydrogen-bond donors (Lipinski definition) is 1. The van der Waals surface area contributed by atoms with Gasteiger partial charge in [0, 0.05) is 39.3 Å². The van der Waals surface area contributed by atoms with Gasteiger partial charge in [0.25, 0.3) is 0 Å². The van der Waals surface area contributed by atoms with Gasteiger partial charge in [-0.25, -0.2) is 8.42 Å². The number of piperazine rings is 1. The molecular formula is C10H22N4O3S. The van der Waals surface area contributed by atoms with Crippen LogP contribution in [0.5, 0.6) is 0 Å². The second-order valence-electron chi connectivity index (χ2n) is 4.57. The lowest BCUT2D eigenvalue weighted by Crippen LogP contribution is -2.52. The minimum Gasteiger partial charge on any atom is -0.339 e. The Morgan fingerprint density at radius 1 is 1.28 bits per heavy atom. The third-order valence-corrected chi connectivity index (χ3v) is 4.28. The van der Waals surface area contributed by atoms with Gasteiger partial charge in [-0.3, -0.25) is 9.69 Å². The standard InChI is InChI=1S/C10H22N4O3S/c1-12(4-3-11)9-10(15)13-5-7-14(8-6-13)18(2,16)17/h3-9,11H2,1-2H3. The molecule has 106 valence electrons. The van der Waals surface area contributed by atoms with E-state index in [1.165, 1.54) is 10.6 Å². The maximum atomic E-state index is 11.9. The molecule has 0 atom stereocenters. The SMILES string of the molecule is CN(CCN)CC(=O)N1CCN(S(C)(=O)=O)CC1. The Kier molecular flexibility index (Phi) is 5.51. The molecule has 18 heavy (non-hydrogen) atoms. The van der Waals surface area contributed by atoms with E-state index in [9.17, 15) is 13.2 Å². The summed E-state index contributed by atoms with van der Waals surface area (Å²) in [7, 11) is -1.29. The predicted octanol–water partition coefficient (Wildman–Crippen LogP) is -2.02. The molecule has 0 aliphatic carbocycles. The van der Waals surface area contributed by atoms with E-state index in [4.69, 9.17) is 5.73 Å². The molecule has 0 aromatic rings. The van der Waals surface area contributed by atoms with Crippen LogP contribution in [-0.4, -0.2) is 87.5 Å². The van der Waals surface area contributed by atoms with Crippen LogP contribution in [0.2, 0.25) is 0 Å². The minimum atomic E-state index is -3.14. The highest BCUT2D eigenvalue weighted by atomic mass is 32.2. The highest BCUT2D eigenvalue weighted by molar-refractivity contribution is 7.88. The minimum absolute atomic E-state index is 0.0269. The zero-order valence-electron chi connectivity index (χ0n) is 11.0. The van der Waals surface area contributed by atoms with Crippen LogP contribution in [0.15, 0.2) is 0 Å². The quantitative estimate of drug-likeness (QED) is 0.627. The van der Waals surface area contributed by atoms with E-state index in [0.717, 1.165) is 0 Å². The normalized spacial score (nSPS) is 18.3. The Morgan fingerprint density at radius 3 is 2.28 bits per heavy atom. The zero-order chi connectivity index (χ0) is 13.8. The molecule has 2 N–H and O–H groups in total. The fraction of sp³-hybridized carbons (Fsp3) is 0.900. The van der Waals surface area contributed by atoms with Crippen LogP contribution < -0.4 is 5.73 Å². The summed E-state index contributed by atoms with van der Waals surface area (Å²) in [6.45, 7) is 3.21. The van der Waals surface area contributed by atoms with Crippen LogP contribution in [0.1, 0.15) is 0 Å². The van der Waals surface area contributed by atoms with Crippen molar-refractivity contribution >= 4 is 15.9 Å². The molecule has 1 aliphatic heterocycles.